The first kappa shape index (κ1) is 10.8. The van der Waals surface area contributed by atoms with Crippen molar-refractivity contribution >= 4 is 5.97 Å². The van der Waals surface area contributed by atoms with Crippen LogP contribution in [-0.2, 0) is 11.8 Å². The van der Waals surface area contributed by atoms with Crippen LogP contribution < -0.4 is 5.32 Å². The van der Waals surface area contributed by atoms with E-state index in [9.17, 15) is 4.79 Å². The van der Waals surface area contributed by atoms with Gasteiger partial charge in [0.25, 0.3) is 0 Å². The van der Waals surface area contributed by atoms with Gasteiger partial charge in [-0.2, -0.15) is 0 Å². The number of carboxylic acids is 1. The molecule has 1 atom stereocenters. The summed E-state index contributed by atoms with van der Waals surface area (Å²) in [4.78, 5) is 10.9. The van der Waals surface area contributed by atoms with Gasteiger partial charge in [0.05, 0.1) is 0 Å². The first-order chi connectivity index (χ1) is 6.49. The number of hydrogen-bond acceptors (Lipinski definition) is 2. The predicted molar refractivity (Wildman–Crippen MR) is 54.3 cm³/mol. The van der Waals surface area contributed by atoms with E-state index >= 15 is 0 Å². The van der Waals surface area contributed by atoms with Crippen LogP contribution in [0.2, 0.25) is 0 Å². The SMILES string of the molecule is CNC(C(=O)O)c1cc(C)n(C)c1C. The summed E-state index contributed by atoms with van der Waals surface area (Å²) in [6.45, 7) is 3.89. The lowest BCUT2D eigenvalue weighted by Crippen LogP contribution is -2.25. The third-order valence-electron chi connectivity index (χ3n) is 2.66. The van der Waals surface area contributed by atoms with Crippen LogP contribution in [0.15, 0.2) is 6.07 Å². The van der Waals surface area contributed by atoms with E-state index in [1.54, 1.807) is 7.05 Å². The maximum Gasteiger partial charge on any atom is 0.325 e. The van der Waals surface area contributed by atoms with Gasteiger partial charge in [-0.25, -0.2) is 0 Å². The fraction of sp³-hybridized carbons (Fsp3) is 0.500. The highest BCUT2D eigenvalue weighted by atomic mass is 16.4. The number of carbonyl (C=O) groups is 1. The molecule has 1 unspecified atom stereocenters. The lowest BCUT2D eigenvalue weighted by molar-refractivity contribution is -0.139. The monoisotopic (exact) mass is 196 g/mol. The Bertz CT molecular complexity index is 355. The van der Waals surface area contributed by atoms with Gasteiger partial charge in [-0.15, -0.1) is 0 Å². The molecule has 1 aromatic rings. The molecule has 0 amide bonds. The normalized spacial score (nSPS) is 12.9. The zero-order valence-electron chi connectivity index (χ0n) is 8.96. The van der Waals surface area contributed by atoms with Crippen LogP contribution in [0.4, 0.5) is 0 Å². The molecule has 0 aromatic carbocycles. The molecule has 14 heavy (non-hydrogen) atoms. The maximum absolute atomic E-state index is 10.9. The van der Waals surface area contributed by atoms with Crippen molar-refractivity contribution in [3.8, 4) is 0 Å². The summed E-state index contributed by atoms with van der Waals surface area (Å²) in [5, 5.41) is 11.8. The molecule has 0 saturated carbocycles. The second kappa shape index (κ2) is 3.84. The smallest absolute Gasteiger partial charge is 0.325 e. The highest BCUT2D eigenvalue weighted by molar-refractivity contribution is 5.76. The highest BCUT2D eigenvalue weighted by Crippen LogP contribution is 2.20. The van der Waals surface area contributed by atoms with Gasteiger partial charge in [-0.3, -0.25) is 4.79 Å². The number of aryl methyl sites for hydroxylation is 1. The van der Waals surface area contributed by atoms with Crippen molar-refractivity contribution in [2.24, 2.45) is 7.05 Å². The fourth-order valence-corrected chi connectivity index (χ4v) is 1.59. The number of likely N-dealkylation sites (N-methyl/N-ethyl adjacent to an activating group) is 1. The number of nitrogens with one attached hydrogen (secondary N) is 1. The summed E-state index contributed by atoms with van der Waals surface area (Å²) in [6.07, 6.45) is 0. The van der Waals surface area contributed by atoms with E-state index in [0.29, 0.717) is 0 Å². The van der Waals surface area contributed by atoms with E-state index in [1.807, 2.05) is 31.5 Å². The largest absolute Gasteiger partial charge is 0.480 e. The molecule has 0 fully saturated rings. The topological polar surface area (TPSA) is 54.3 Å². The van der Waals surface area contributed by atoms with Gasteiger partial charge in [-0.05, 0) is 27.0 Å². The maximum atomic E-state index is 10.9. The minimum atomic E-state index is -0.846. The van der Waals surface area contributed by atoms with Crippen LogP contribution in [0.1, 0.15) is 23.0 Å². The molecular weight excluding hydrogens is 180 g/mol. The van der Waals surface area contributed by atoms with E-state index in [2.05, 4.69) is 5.32 Å². The van der Waals surface area contributed by atoms with Crippen molar-refractivity contribution < 1.29 is 9.90 Å². The van der Waals surface area contributed by atoms with Gasteiger partial charge >= 0.3 is 5.97 Å². The number of aliphatic carboxylic acids is 1. The van der Waals surface area contributed by atoms with Gasteiger partial charge in [-0.1, -0.05) is 0 Å². The average Bonchev–Trinajstić information content (AvgIpc) is 2.35. The second-order valence-corrected chi connectivity index (χ2v) is 3.45. The quantitative estimate of drug-likeness (QED) is 0.758. The minimum absolute atomic E-state index is 0.616. The van der Waals surface area contributed by atoms with E-state index in [-0.39, 0.29) is 0 Å². The van der Waals surface area contributed by atoms with Gasteiger partial charge in [0, 0.05) is 24.0 Å². The Morgan fingerprint density at radius 2 is 2.14 bits per heavy atom. The molecule has 0 aliphatic heterocycles. The third kappa shape index (κ3) is 1.65. The Labute approximate surface area is 83.5 Å². The molecule has 0 aliphatic carbocycles. The fourth-order valence-electron chi connectivity index (χ4n) is 1.59. The Morgan fingerprint density at radius 3 is 2.43 bits per heavy atom. The Morgan fingerprint density at radius 1 is 1.57 bits per heavy atom. The molecule has 0 saturated heterocycles. The molecule has 1 rings (SSSR count). The van der Waals surface area contributed by atoms with Crippen molar-refractivity contribution in [1.29, 1.82) is 0 Å². The summed E-state index contributed by atoms with van der Waals surface area (Å²) in [6, 6.07) is 1.29. The van der Waals surface area contributed by atoms with Crippen LogP contribution in [-0.4, -0.2) is 22.7 Å². The summed E-state index contributed by atoms with van der Waals surface area (Å²) in [7, 11) is 3.59. The Balaban J connectivity index is 3.17. The molecular formula is C10H16N2O2. The van der Waals surface area contributed by atoms with E-state index < -0.39 is 12.0 Å². The lowest BCUT2D eigenvalue weighted by Gasteiger charge is -2.11. The molecule has 2 N–H and O–H groups in total. The summed E-state index contributed by atoms with van der Waals surface area (Å²) >= 11 is 0. The first-order valence-corrected chi connectivity index (χ1v) is 4.52. The van der Waals surface area contributed by atoms with Gasteiger partial charge in [0.15, 0.2) is 0 Å². The van der Waals surface area contributed by atoms with E-state index in [1.165, 1.54) is 0 Å². The molecule has 0 aliphatic rings. The second-order valence-electron chi connectivity index (χ2n) is 3.45. The van der Waals surface area contributed by atoms with Gasteiger partial charge in [0.1, 0.15) is 6.04 Å². The zero-order chi connectivity index (χ0) is 10.9. The minimum Gasteiger partial charge on any atom is -0.480 e. The molecule has 0 radical (unpaired) electrons. The molecule has 78 valence electrons. The highest BCUT2D eigenvalue weighted by Gasteiger charge is 2.21. The van der Waals surface area contributed by atoms with Crippen molar-refractivity contribution in [2.45, 2.75) is 19.9 Å². The van der Waals surface area contributed by atoms with E-state index in [0.717, 1.165) is 17.0 Å². The molecule has 1 heterocycles. The van der Waals surface area contributed by atoms with Crippen LogP contribution in [0.25, 0.3) is 0 Å². The van der Waals surface area contributed by atoms with Crippen LogP contribution in [0.5, 0.6) is 0 Å². The standard InChI is InChI=1S/C10H16N2O2/c1-6-5-8(7(2)12(6)4)9(11-3)10(13)14/h5,9,11H,1-4H3,(H,13,14). The molecule has 4 heteroatoms. The third-order valence-corrected chi connectivity index (χ3v) is 2.66. The van der Waals surface area contributed by atoms with E-state index in [4.69, 9.17) is 5.11 Å². The lowest BCUT2D eigenvalue weighted by atomic mass is 10.1. The average molecular weight is 196 g/mol. The molecule has 4 nitrogen and oxygen atoms in total. The summed E-state index contributed by atoms with van der Waals surface area (Å²) in [5.74, 6) is -0.846. The van der Waals surface area contributed by atoms with Crippen LogP contribution >= 0.6 is 0 Å². The van der Waals surface area contributed by atoms with Gasteiger partial charge < -0.3 is 15.0 Å². The van der Waals surface area contributed by atoms with Crippen molar-refractivity contribution in [1.82, 2.24) is 9.88 Å². The molecule has 0 spiro atoms. The Hall–Kier alpha value is -1.29. The van der Waals surface area contributed by atoms with Crippen LogP contribution in [0.3, 0.4) is 0 Å². The first-order valence-electron chi connectivity index (χ1n) is 4.52. The summed E-state index contributed by atoms with van der Waals surface area (Å²) in [5.41, 5.74) is 2.89. The predicted octanol–water partition coefficient (Wildman–Crippen LogP) is 0.987. The van der Waals surface area contributed by atoms with Crippen molar-refractivity contribution in [2.75, 3.05) is 7.05 Å². The Kier molecular flexibility index (Phi) is 2.96. The molecule has 1 aromatic heterocycles. The summed E-state index contributed by atoms with van der Waals surface area (Å²) < 4.78 is 1.99. The van der Waals surface area contributed by atoms with Crippen molar-refractivity contribution in [3.05, 3.63) is 23.0 Å². The number of carboxylic acid groups (broad SMARTS) is 1. The van der Waals surface area contributed by atoms with Gasteiger partial charge in [0.2, 0.25) is 0 Å². The van der Waals surface area contributed by atoms with Crippen molar-refractivity contribution in [3.63, 3.8) is 0 Å². The zero-order valence-corrected chi connectivity index (χ0v) is 8.96. The number of hydrogen-bond donors (Lipinski definition) is 2. The number of rotatable bonds is 3. The van der Waals surface area contributed by atoms with Crippen LogP contribution in [0, 0.1) is 13.8 Å². The number of nitrogens with zero attached hydrogens (tertiary/aromatic N) is 1. The molecule has 0 bridgehead atoms. The number of aromatic nitrogens is 1.